The van der Waals surface area contributed by atoms with Crippen LogP contribution in [0.1, 0.15) is 5.56 Å². The molecule has 1 aliphatic heterocycles. The molecule has 0 radical (unpaired) electrons. The van der Waals surface area contributed by atoms with E-state index in [-0.39, 0.29) is 22.9 Å². The highest BCUT2D eigenvalue weighted by Gasteiger charge is 2.39. The molecule has 1 aliphatic rings. The fraction of sp³-hybridized carbons (Fsp3) is 0.455. The van der Waals surface area contributed by atoms with Gasteiger partial charge in [-0.3, -0.25) is 10.1 Å². The molecule has 1 saturated heterocycles. The number of para-hydroxylation sites is 1. The molecule has 8 heteroatoms. The van der Waals surface area contributed by atoms with E-state index in [1.165, 1.54) is 12.1 Å². The molecule has 2 rings (SSSR count). The highest BCUT2D eigenvalue weighted by molar-refractivity contribution is 7.91. The zero-order chi connectivity index (χ0) is 14.2. The summed E-state index contributed by atoms with van der Waals surface area (Å²) in [6.07, 6.45) is -2.13. The Morgan fingerprint density at radius 3 is 2.63 bits per heavy atom. The van der Waals surface area contributed by atoms with E-state index in [9.17, 15) is 23.6 Å². The zero-order valence-electron chi connectivity index (χ0n) is 10.1. The number of aliphatic hydroxyl groups is 1. The topological polar surface area (TPSA) is 107 Å². The maximum absolute atomic E-state index is 11.4. The van der Waals surface area contributed by atoms with Crippen molar-refractivity contribution in [2.24, 2.45) is 0 Å². The molecule has 1 fully saturated rings. The minimum Gasteiger partial charge on any atom is -0.479 e. The van der Waals surface area contributed by atoms with Gasteiger partial charge in [0.1, 0.15) is 12.2 Å². The molecule has 104 valence electrons. The number of nitrogens with zero attached hydrogens (tertiary/aromatic N) is 1. The van der Waals surface area contributed by atoms with Crippen LogP contribution in [0.3, 0.4) is 0 Å². The van der Waals surface area contributed by atoms with Gasteiger partial charge in [0.2, 0.25) is 0 Å². The molecule has 0 amide bonds. The summed E-state index contributed by atoms with van der Waals surface area (Å²) in [6, 6.07) is 4.42. The van der Waals surface area contributed by atoms with Crippen LogP contribution in [0.2, 0.25) is 0 Å². The first-order valence-electron chi connectivity index (χ1n) is 5.59. The minimum atomic E-state index is -3.36. The van der Waals surface area contributed by atoms with Crippen LogP contribution in [0, 0.1) is 17.0 Å². The zero-order valence-corrected chi connectivity index (χ0v) is 11.0. The molecule has 2 unspecified atom stereocenters. The maximum Gasteiger partial charge on any atom is 0.311 e. The van der Waals surface area contributed by atoms with Crippen molar-refractivity contribution in [1.82, 2.24) is 0 Å². The van der Waals surface area contributed by atoms with Gasteiger partial charge in [-0.15, -0.1) is 0 Å². The fourth-order valence-corrected chi connectivity index (χ4v) is 3.66. The highest BCUT2D eigenvalue weighted by atomic mass is 32.2. The monoisotopic (exact) mass is 287 g/mol. The van der Waals surface area contributed by atoms with Crippen LogP contribution in [-0.4, -0.2) is 42.2 Å². The van der Waals surface area contributed by atoms with E-state index < -0.39 is 27.0 Å². The van der Waals surface area contributed by atoms with E-state index >= 15 is 0 Å². The molecule has 0 saturated carbocycles. The van der Waals surface area contributed by atoms with Crippen LogP contribution >= 0.6 is 0 Å². The molecule has 0 aromatic heterocycles. The second kappa shape index (κ2) is 4.78. The van der Waals surface area contributed by atoms with Gasteiger partial charge < -0.3 is 9.84 Å². The lowest BCUT2D eigenvalue weighted by Crippen LogP contribution is -2.30. The standard InChI is InChI=1S/C11H13NO6S/c1-7-3-2-4-8(12(14)15)11(7)18-10-6-19(16,17)5-9(10)13/h2-4,9-10,13H,5-6H2,1H3. The van der Waals surface area contributed by atoms with Crippen LogP contribution in [-0.2, 0) is 9.84 Å². The summed E-state index contributed by atoms with van der Waals surface area (Å²) in [5.41, 5.74) is 0.280. The number of rotatable bonds is 3. The van der Waals surface area contributed by atoms with Crippen molar-refractivity contribution in [2.45, 2.75) is 19.1 Å². The van der Waals surface area contributed by atoms with Gasteiger partial charge in [0.25, 0.3) is 0 Å². The van der Waals surface area contributed by atoms with E-state index in [1.54, 1.807) is 13.0 Å². The summed E-state index contributed by atoms with van der Waals surface area (Å²) in [4.78, 5) is 10.3. The normalized spacial score (nSPS) is 25.2. The predicted molar refractivity (Wildman–Crippen MR) is 66.9 cm³/mol. The molecule has 1 heterocycles. The summed E-state index contributed by atoms with van der Waals surface area (Å²) in [5, 5.41) is 20.5. The number of aryl methyl sites for hydroxylation is 1. The molecule has 1 N–H and O–H groups in total. The van der Waals surface area contributed by atoms with Crippen LogP contribution in [0.25, 0.3) is 0 Å². The van der Waals surface area contributed by atoms with Crippen molar-refractivity contribution in [3.63, 3.8) is 0 Å². The van der Waals surface area contributed by atoms with Crippen LogP contribution in [0.5, 0.6) is 5.75 Å². The summed E-state index contributed by atoms with van der Waals surface area (Å²) in [7, 11) is -3.36. The minimum absolute atomic E-state index is 0.00801. The quantitative estimate of drug-likeness (QED) is 0.638. The van der Waals surface area contributed by atoms with Gasteiger partial charge in [-0.1, -0.05) is 12.1 Å². The van der Waals surface area contributed by atoms with Gasteiger partial charge in [0.15, 0.2) is 15.6 Å². The average molecular weight is 287 g/mol. The molecule has 1 aromatic carbocycles. The van der Waals surface area contributed by atoms with E-state index in [1.807, 2.05) is 0 Å². The van der Waals surface area contributed by atoms with Crippen molar-refractivity contribution >= 4 is 15.5 Å². The van der Waals surface area contributed by atoms with Crippen molar-refractivity contribution in [1.29, 1.82) is 0 Å². The van der Waals surface area contributed by atoms with Gasteiger partial charge in [-0.05, 0) is 12.5 Å². The number of nitro groups is 1. The lowest BCUT2D eigenvalue weighted by molar-refractivity contribution is -0.386. The number of aliphatic hydroxyl groups excluding tert-OH is 1. The molecule has 0 spiro atoms. The lowest BCUT2D eigenvalue weighted by Gasteiger charge is -2.17. The SMILES string of the molecule is Cc1cccc([N+](=O)[O-])c1OC1CS(=O)(=O)CC1O. The third kappa shape index (κ3) is 2.85. The van der Waals surface area contributed by atoms with Crippen molar-refractivity contribution in [3.05, 3.63) is 33.9 Å². The second-order valence-electron chi connectivity index (χ2n) is 4.48. The van der Waals surface area contributed by atoms with Crippen LogP contribution in [0.15, 0.2) is 18.2 Å². The molecule has 19 heavy (non-hydrogen) atoms. The second-order valence-corrected chi connectivity index (χ2v) is 6.63. The van der Waals surface area contributed by atoms with Crippen LogP contribution in [0.4, 0.5) is 5.69 Å². The van der Waals surface area contributed by atoms with Crippen molar-refractivity contribution < 1.29 is 23.2 Å². The van der Waals surface area contributed by atoms with Crippen molar-refractivity contribution in [2.75, 3.05) is 11.5 Å². The Morgan fingerprint density at radius 2 is 2.11 bits per heavy atom. The third-order valence-electron chi connectivity index (χ3n) is 2.93. The first kappa shape index (κ1) is 13.8. The number of benzene rings is 1. The molecule has 0 bridgehead atoms. The summed E-state index contributed by atoms with van der Waals surface area (Å²) in [5.74, 6) is -0.703. The van der Waals surface area contributed by atoms with Gasteiger partial charge in [0, 0.05) is 6.07 Å². The first-order chi connectivity index (χ1) is 8.80. The number of ether oxygens (including phenoxy) is 1. The number of hydrogen-bond donors (Lipinski definition) is 1. The van der Waals surface area contributed by atoms with E-state index in [0.717, 1.165) is 0 Å². The lowest BCUT2D eigenvalue weighted by atomic mass is 10.2. The largest absolute Gasteiger partial charge is 0.479 e. The number of nitro benzene ring substituents is 1. The highest BCUT2D eigenvalue weighted by Crippen LogP contribution is 2.32. The summed E-state index contributed by atoms with van der Waals surface area (Å²) < 4.78 is 28.1. The average Bonchev–Trinajstić information content (AvgIpc) is 2.54. The molecule has 0 aliphatic carbocycles. The van der Waals surface area contributed by atoms with E-state index in [0.29, 0.717) is 5.56 Å². The Morgan fingerprint density at radius 1 is 1.42 bits per heavy atom. The molecular formula is C11H13NO6S. The Balaban J connectivity index is 2.32. The Labute approximate surface area is 109 Å². The smallest absolute Gasteiger partial charge is 0.311 e. The van der Waals surface area contributed by atoms with Gasteiger partial charge in [-0.25, -0.2) is 8.42 Å². The van der Waals surface area contributed by atoms with Gasteiger partial charge in [0.05, 0.1) is 16.4 Å². The molecule has 2 atom stereocenters. The molecule has 1 aromatic rings. The molecule has 7 nitrogen and oxygen atoms in total. The van der Waals surface area contributed by atoms with Crippen molar-refractivity contribution in [3.8, 4) is 5.75 Å². The number of hydrogen-bond acceptors (Lipinski definition) is 6. The molecular weight excluding hydrogens is 274 g/mol. The van der Waals surface area contributed by atoms with Crippen LogP contribution < -0.4 is 4.74 Å². The predicted octanol–water partition coefficient (Wildman–Crippen LogP) is 0.440. The van der Waals surface area contributed by atoms with E-state index in [2.05, 4.69) is 0 Å². The number of sulfone groups is 1. The summed E-state index contributed by atoms with van der Waals surface area (Å²) in [6.45, 7) is 1.62. The summed E-state index contributed by atoms with van der Waals surface area (Å²) >= 11 is 0. The first-order valence-corrected chi connectivity index (χ1v) is 7.41. The van der Waals surface area contributed by atoms with Gasteiger partial charge >= 0.3 is 5.69 Å². The Bertz CT molecular complexity index is 612. The van der Waals surface area contributed by atoms with Gasteiger partial charge in [-0.2, -0.15) is 0 Å². The Hall–Kier alpha value is -1.67. The maximum atomic E-state index is 11.4. The fourth-order valence-electron chi connectivity index (χ4n) is 1.99. The third-order valence-corrected chi connectivity index (χ3v) is 4.61. The van der Waals surface area contributed by atoms with E-state index in [4.69, 9.17) is 4.74 Å². The Kier molecular flexibility index (Phi) is 3.46.